The van der Waals surface area contributed by atoms with Crippen LogP contribution in [0.4, 0.5) is 5.69 Å². The highest BCUT2D eigenvalue weighted by Crippen LogP contribution is 2.33. The van der Waals surface area contributed by atoms with E-state index >= 15 is 0 Å². The molecule has 0 saturated heterocycles. The average Bonchev–Trinajstić information content (AvgIpc) is 2.28. The molecule has 1 aliphatic rings. The van der Waals surface area contributed by atoms with Gasteiger partial charge in [0, 0.05) is 18.3 Å². The van der Waals surface area contributed by atoms with Crippen LogP contribution in [0.5, 0.6) is 0 Å². The second kappa shape index (κ2) is 4.06. The monoisotopic (exact) mass is 218 g/mol. The summed E-state index contributed by atoms with van der Waals surface area (Å²) in [5.74, 6) is -0.386. The van der Waals surface area contributed by atoms with Crippen LogP contribution in [-0.2, 0) is 9.59 Å². The number of aldehydes is 1. The lowest BCUT2D eigenvalue weighted by atomic mass is 9.97. The Morgan fingerprint density at radius 2 is 2.06 bits per heavy atom. The van der Waals surface area contributed by atoms with Crippen LogP contribution in [0.15, 0.2) is 24.3 Å². The van der Waals surface area contributed by atoms with E-state index < -0.39 is 6.04 Å². The number of ketones is 1. The molecule has 0 radical (unpaired) electrons. The number of carbonyl (C=O) groups excluding carboxylic acids is 2. The fourth-order valence-electron chi connectivity index (χ4n) is 2.23. The summed E-state index contributed by atoms with van der Waals surface area (Å²) in [5, 5.41) is 0. The Morgan fingerprint density at radius 1 is 1.38 bits per heavy atom. The maximum atomic E-state index is 11.6. The Kier molecular flexibility index (Phi) is 2.75. The van der Waals surface area contributed by atoms with Crippen molar-refractivity contribution in [3.05, 3.63) is 29.8 Å². The zero-order valence-electron chi connectivity index (χ0n) is 9.38. The van der Waals surface area contributed by atoms with Crippen LogP contribution in [0.1, 0.15) is 11.6 Å². The number of para-hydroxylation sites is 1. The highest BCUT2D eigenvalue weighted by molar-refractivity contribution is 6.27. The van der Waals surface area contributed by atoms with E-state index in [0.29, 0.717) is 13.0 Å². The van der Waals surface area contributed by atoms with Gasteiger partial charge in [0.25, 0.3) is 0 Å². The minimum absolute atomic E-state index is 0.386. The van der Waals surface area contributed by atoms with Crippen LogP contribution in [0.2, 0.25) is 0 Å². The number of anilines is 1. The summed E-state index contributed by atoms with van der Waals surface area (Å²) in [7, 11) is 3.81. The number of benzene rings is 1. The Hall–Kier alpha value is -1.68. The van der Waals surface area contributed by atoms with Crippen LogP contribution in [0, 0.1) is 0 Å². The number of Topliss-reactive ketones (excluding diaryl/α,β-unsaturated/α-hetero) is 1. The van der Waals surface area contributed by atoms with Crippen molar-refractivity contribution in [1.29, 1.82) is 0 Å². The third kappa shape index (κ3) is 1.61. The van der Waals surface area contributed by atoms with Gasteiger partial charge in [0.15, 0.2) is 6.29 Å². The summed E-state index contributed by atoms with van der Waals surface area (Å²) < 4.78 is 0. The van der Waals surface area contributed by atoms with Crippen molar-refractivity contribution >= 4 is 17.8 Å². The maximum Gasteiger partial charge on any atom is 0.216 e. The fourth-order valence-corrected chi connectivity index (χ4v) is 2.23. The topological polar surface area (TPSA) is 40.6 Å². The lowest BCUT2D eigenvalue weighted by Gasteiger charge is -2.38. The molecule has 0 amide bonds. The molecular weight excluding hydrogens is 204 g/mol. The van der Waals surface area contributed by atoms with Crippen LogP contribution in [0.3, 0.4) is 0 Å². The van der Waals surface area contributed by atoms with Crippen molar-refractivity contribution in [2.75, 3.05) is 25.7 Å². The Bertz CT molecular complexity index is 431. The van der Waals surface area contributed by atoms with Crippen LogP contribution >= 0.6 is 0 Å². The van der Waals surface area contributed by atoms with Gasteiger partial charge in [-0.1, -0.05) is 18.2 Å². The molecule has 0 aliphatic carbocycles. The SMILES string of the molecule is CN1CN(C)C(C(=O)C=O)c2ccccc21. The molecule has 4 heteroatoms. The van der Waals surface area contributed by atoms with Gasteiger partial charge in [-0.05, 0) is 13.1 Å². The second-order valence-electron chi connectivity index (χ2n) is 4.08. The van der Waals surface area contributed by atoms with Crippen LogP contribution in [-0.4, -0.2) is 37.7 Å². The zero-order valence-corrected chi connectivity index (χ0v) is 9.38. The third-order valence-corrected chi connectivity index (χ3v) is 2.90. The molecule has 2 rings (SSSR count). The molecule has 0 fully saturated rings. The quantitative estimate of drug-likeness (QED) is 0.544. The standard InChI is InChI=1S/C12H14N2O2/c1-13-8-14(2)12(11(16)7-15)9-5-3-4-6-10(9)13/h3-7,12H,8H2,1-2H3. The van der Waals surface area contributed by atoms with Crippen LogP contribution in [0.25, 0.3) is 0 Å². The van der Waals surface area contributed by atoms with Gasteiger partial charge in [0.05, 0.1) is 6.67 Å². The first-order valence-corrected chi connectivity index (χ1v) is 5.14. The van der Waals surface area contributed by atoms with E-state index in [0.717, 1.165) is 11.3 Å². The highest BCUT2D eigenvalue weighted by Gasteiger charge is 2.31. The van der Waals surface area contributed by atoms with Crippen molar-refractivity contribution in [2.45, 2.75) is 6.04 Å². The van der Waals surface area contributed by atoms with Gasteiger partial charge < -0.3 is 4.90 Å². The van der Waals surface area contributed by atoms with Gasteiger partial charge in [-0.15, -0.1) is 0 Å². The number of likely N-dealkylation sites (N-methyl/N-ethyl adjacent to an activating group) is 1. The van der Waals surface area contributed by atoms with Crippen molar-refractivity contribution in [3.8, 4) is 0 Å². The van der Waals surface area contributed by atoms with Gasteiger partial charge in [0.1, 0.15) is 6.04 Å². The summed E-state index contributed by atoms with van der Waals surface area (Å²) in [6.45, 7) is 0.640. The zero-order chi connectivity index (χ0) is 11.7. The maximum absolute atomic E-state index is 11.6. The summed E-state index contributed by atoms with van der Waals surface area (Å²) >= 11 is 0. The van der Waals surface area contributed by atoms with Crippen molar-refractivity contribution in [3.63, 3.8) is 0 Å². The molecule has 1 aromatic rings. The normalized spacial score (nSPS) is 20.4. The number of hydrogen-bond donors (Lipinski definition) is 0. The molecule has 16 heavy (non-hydrogen) atoms. The number of hydrogen-bond acceptors (Lipinski definition) is 4. The lowest BCUT2D eigenvalue weighted by molar-refractivity contribution is -0.133. The Labute approximate surface area is 94.5 Å². The number of fused-ring (bicyclic) bond motifs is 1. The third-order valence-electron chi connectivity index (χ3n) is 2.90. The molecule has 1 heterocycles. The first-order chi connectivity index (χ1) is 7.65. The molecule has 1 unspecified atom stereocenters. The van der Waals surface area contributed by atoms with E-state index in [-0.39, 0.29) is 5.78 Å². The van der Waals surface area contributed by atoms with E-state index in [4.69, 9.17) is 0 Å². The molecule has 1 aliphatic heterocycles. The average molecular weight is 218 g/mol. The molecule has 0 saturated carbocycles. The molecule has 0 spiro atoms. The van der Waals surface area contributed by atoms with E-state index in [1.807, 2.05) is 43.3 Å². The minimum atomic E-state index is -0.440. The predicted molar refractivity (Wildman–Crippen MR) is 61.3 cm³/mol. The lowest BCUT2D eigenvalue weighted by Crippen LogP contribution is -2.44. The smallest absolute Gasteiger partial charge is 0.216 e. The van der Waals surface area contributed by atoms with Gasteiger partial charge >= 0.3 is 0 Å². The summed E-state index contributed by atoms with van der Waals surface area (Å²) in [4.78, 5) is 26.2. The first kappa shape index (κ1) is 10.8. The van der Waals surface area contributed by atoms with E-state index in [1.54, 1.807) is 0 Å². The van der Waals surface area contributed by atoms with E-state index in [2.05, 4.69) is 4.90 Å². The Morgan fingerprint density at radius 3 is 2.75 bits per heavy atom. The predicted octanol–water partition coefficient (Wildman–Crippen LogP) is 0.835. The highest BCUT2D eigenvalue weighted by atomic mass is 16.2. The van der Waals surface area contributed by atoms with Crippen molar-refractivity contribution in [1.82, 2.24) is 4.90 Å². The van der Waals surface area contributed by atoms with E-state index in [1.165, 1.54) is 0 Å². The fraction of sp³-hybridized carbons (Fsp3) is 0.333. The van der Waals surface area contributed by atoms with Crippen LogP contribution < -0.4 is 4.90 Å². The largest absolute Gasteiger partial charge is 0.361 e. The van der Waals surface area contributed by atoms with Gasteiger partial charge in [-0.25, -0.2) is 0 Å². The number of nitrogens with zero attached hydrogens (tertiary/aromatic N) is 2. The summed E-state index contributed by atoms with van der Waals surface area (Å²) in [6, 6.07) is 7.24. The molecular formula is C12H14N2O2. The molecule has 1 aromatic carbocycles. The van der Waals surface area contributed by atoms with Crippen molar-refractivity contribution < 1.29 is 9.59 Å². The van der Waals surface area contributed by atoms with Gasteiger partial charge in [-0.2, -0.15) is 0 Å². The minimum Gasteiger partial charge on any atom is -0.361 e. The summed E-state index contributed by atoms with van der Waals surface area (Å²) in [6.07, 6.45) is 0.406. The molecule has 0 bridgehead atoms. The summed E-state index contributed by atoms with van der Waals surface area (Å²) in [5.41, 5.74) is 1.91. The molecule has 0 N–H and O–H groups in total. The molecule has 0 aromatic heterocycles. The molecule has 4 nitrogen and oxygen atoms in total. The number of carbonyl (C=O) groups is 2. The second-order valence-corrected chi connectivity index (χ2v) is 4.08. The Balaban J connectivity index is 2.50. The van der Waals surface area contributed by atoms with Gasteiger partial charge in [-0.3, -0.25) is 14.5 Å². The molecule has 84 valence electrons. The molecule has 1 atom stereocenters. The van der Waals surface area contributed by atoms with Crippen molar-refractivity contribution in [2.24, 2.45) is 0 Å². The van der Waals surface area contributed by atoms with E-state index in [9.17, 15) is 9.59 Å². The first-order valence-electron chi connectivity index (χ1n) is 5.14. The number of rotatable bonds is 2. The van der Waals surface area contributed by atoms with Gasteiger partial charge in [0.2, 0.25) is 5.78 Å².